The summed E-state index contributed by atoms with van der Waals surface area (Å²) in [5, 5.41) is 0. The molecule has 18 heavy (non-hydrogen) atoms. The van der Waals surface area contributed by atoms with Crippen molar-refractivity contribution < 1.29 is 40.3 Å². The van der Waals surface area contributed by atoms with Crippen molar-refractivity contribution in [2.24, 2.45) is 0 Å². The lowest BCUT2D eigenvalue weighted by Crippen LogP contribution is -2.56. The summed E-state index contributed by atoms with van der Waals surface area (Å²) in [7, 11) is 0. The Balaban J connectivity index is 4.82. The molecule has 0 radical (unpaired) electrons. The lowest BCUT2D eigenvalue weighted by molar-refractivity contribution is -0.348. The largest absolute Gasteiger partial charge is 0.460 e. The molecule has 0 heterocycles. The van der Waals surface area contributed by atoms with E-state index < -0.39 is 30.6 Å². The molecule has 106 valence electrons. The maximum atomic E-state index is 12.6. The Morgan fingerprint density at radius 2 is 1.56 bits per heavy atom. The van der Waals surface area contributed by atoms with E-state index in [9.17, 15) is 35.5 Å². The first kappa shape index (κ1) is 16.7. The van der Waals surface area contributed by atoms with Gasteiger partial charge in [-0.25, -0.2) is 4.79 Å². The van der Waals surface area contributed by atoms with Gasteiger partial charge in [-0.15, -0.1) is 0 Å². The summed E-state index contributed by atoms with van der Waals surface area (Å²) in [5.74, 6) is -15.4. The van der Waals surface area contributed by atoms with Crippen LogP contribution in [0.1, 0.15) is 13.3 Å². The molecule has 0 aromatic rings. The van der Waals surface area contributed by atoms with Crippen LogP contribution < -0.4 is 0 Å². The minimum absolute atomic E-state index is 0.451. The van der Waals surface area contributed by atoms with Crippen LogP contribution >= 0.6 is 0 Å². The van der Waals surface area contributed by atoms with Gasteiger partial charge in [-0.05, 0) is 6.42 Å². The summed E-state index contributed by atoms with van der Waals surface area (Å²) in [5.41, 5.74) is 0. The number of allylic oxidation sites excluding steroid dienone is 1. The van der Waals surface area contributed by atoms with Crippen molar-refractivity contribution in [3.05, 3.63) is 12.2 Å². The molecule has 0 saturated heterocycles. The molecule has 0 N–H and O–H groups in total. The maximum absolute atomic E-state index is 12.6. The van der Waals surface area contributed by atoms with Gasteiger partial charge in [-0.2, -0.15) is 30.7 Å². The maximum Gasteiger partial charge on any atom is 0.460 e. The fourth-order valence-electron chi connectivity index (χ4n) is 0.755. The Bertz CT molecular complexity index is 319. The zero-order valence-corrected chi connectivity index (χ0v) is 9.03. The zero-order valence-electron chi connectivity index (χ0n) is 9.03. The molecule has 0 aromatic heterocycles. The van der Waals surface area contributed by atoms with Gasteiger partial charge in [0.1, 0.15) is 6.61 Å². The van der Waals surface area contributed by atoms with E-state index in [-0.39, 0.29) is 0 Å². The molecule has 0 unspecified atom stereocenters. The summed E-state index contributed by atoms with van der Waals surface area (Å²) in [6.07, 6.45) is -3.70. The van der Waals surface area contributed by atoms with Crippen molar-refractivity contribution in [3.8, 4) is 0 Å². The minimum Gasteiger partial charge on any atom is -0.457 e. The normalized spacial score (nSPS) is 14.0. The first-order valence-corrected chi connectivity index (χ1v) is 4.63. The predicted octanol–water partition coefficient (Wildman–Crippen LogP) is 3.33. The molecule has 0 bridgehead atoms. The van der Waals surface area contributed by atoms with Gasteiger partial charge in [-0.1, -0.05) is 19.1 Å². The van der Waals surface area contributed by atoms with E-state index in [0.29, 0.717) is 6.42 Å². The highest BCUT2D eigenvalue weighted by atomic mass is 19.4. The highest BCUT2D eigenvalue weighted by Crippen LogP contribution is 2.46. The van der Waals surface area contributed by atoms with Gasteiger partial charge in [0.15, 0.2) is 0 Å². The van der Waals surface area contributed by atoms with E-state index in [4.69, 9.17) is 0 Å². The summed E-state index contributed by atoms with van der Waals surface area (Å²) < 4.78 is 88.6. The smallest absolute Gasteiger partial charge is 0.457 e. The van der Waals surface area contributed by atoms with Gasteiger partial charge in [0.05, 0.1) is 0 Å². The lowest BCUT2D eigenvalue weighted by atomic mass is 10.1. The third-order valence-electron chi connectivity index (χ3n) is 1.72. The van der Waals surface area contributed by atoms with Crippen LogP contribution in [-0.4, -0.2) is 30.6 Å². The van der Waals surface area contributed by atoms with E-state index in [1.54, 1.807) is 6.92 Å². The van der Waals surface area contributed by atoms with Crippen molar-refractivity contribution in [2.75, 3.05) is 6.61 Å². The molecule has 0 aliphatic carbocycles. The molecule has 9 heteroatoms. The Morgan fingerprint density at radius 1 is 1.06 bits per heavy atom. The second kappa shape index (κ2) is 5.57. The van der Waals surface area contributed by atoms with Crippen LogP contribution in [0.5, 0.6) is 0 Å². The Hall–Kier alpha value is -1.28. The molecule has 0 fully saturated rings. The summed E-state index contributed by atoms with van der Waals surface area (Å²) >= 11 is 0. The number of alkyl halides is 7. The van der Waals surface area contributed by atoms with Crippen LogP contribution in [-0.2, 0) is 9.53 Å². The van der Waals surface area contributed by atoms with E-state index in [1.165, 1.54) is 6.08 Å². The molecule has 0 atom stereocenters. The number of carbonyl (C=O) groups excluding carboxylic acids is 1. The summed E-state index contributed by atoms with van der Waals surface area (Å²) in [6.45, 7) is 0.834. The van der Waals surface area contributed by atoms with Crippen molar-refractivity contribution in [1.29, 1.82) is 0 Å². The van der Waals surface area contributed by atoms with Crippen LogP contribution in [0.25, 0.3) is 0 Å². The van der Waals surface area contributed by atoms with E-state index in [2.05, 4.69) is 4.74 Å². The van der Waals surface area contributed by atoms with Crippen LogP contribution in [0.3, 0.4) is 0 Å². The number of carbonyl (C=O) groups is 1. The minimum atomic E-state index is -6.55. The number of hydrogen-bond donors (Lipinski definition) is 0. The quantitative estimate of drug-likeness (QED) is 0.439. The predicted molar refractivity (Wildman–Crippen MR) is 46.3 cm³/mol. The van der Waals surface area contributed by atoms with Crippen molar-refractivity contribution in [3.63, 3.8) is 0 Å². The van der Waals surface area contributed by atoms with Crippen molar-refractivity contribution in [1.82, 2.24) is 0 Å². The molecule has 0 aromatic carbocycles. The molecule has 0 spiro atoms. The summed E-state index contributed by atoms with van der Waals surface area (Å²) in [6, 6.07) is 0. The second-order valence-corrected chi connectivity index (χ2v) is 3.12. The van der Waals surface area contributed by atoms with Gasteiger partial charge < -0.3 is 4.74 Å². The van der Waals surface area contributed by atoms with Crippen LogP contribution in [0, 0.1) is 0 Å². The first-order chi connectivity index (χ1) is 7.98. The number of ether oxygens (including phenoxy) is 1. The van der Waals surface area contributed by atoms with Crippen LogP contribution in [0.4, 0.5) is 30.7 Å². The topological polar surface area (TPSA) is 26.3 Å². The SMILES string of the molecule is CC/C=C\COC(=O)C(F)(F)C(F)(F)C(F)(F)F. The highest BCUT2D eigenvalue weighted by molar-refractivity contribution is 5.79. The Labute approximate surface area is 97.4 Å². The van der Waals surface area contributed by atoms with E-state index >= 15 is 0 Å². The average molecular weight is 282 g/mol. The van der Waals surface area contributed by atoms with E-state index in [1.807, 2.05) is 0 Å². The molecular formula is C9H9F7O2. The number of esters is 1. The fraction of sp³-hybridized carbons (Fsp3) is 0.667. The van der Waals surface area contributed by atoms with Gasteiger partial charge in [-0.3, -0.25) is 0 Å². The molecule has 2 nitrogen and oxygen atoms in total. The second-order valence-electron chi connectivity index (χ2n) is 3.12. The molecule has 0 amide bonds. The number of hydrogen-bond acceptors (Lipinski definition) is 2. The number of halogens is 7. The molecular weight excluding hydrogens is 273 g/mol. The number of rotatable bonds is 5. The first-order valence-electron chi connectivity index (χ1n) is 4.63. The highest BCUT2D eigenvalue weighted by Gasteiger charge is 2.77. The van der Waals surface area contributed by atoms with Gasteiger partial charge >= 0.3 is 24.0 Å². The van der Waals surface area contributed by atoms with E-state index in [0.717, 1.165) is 6.08 Å². The third kappa shape index (κ3) is 3.36. The van der Waals surface area contributed by atoms with Crippen LogP contribution in [0.15, 0.2) is 12.2 Å². The Morgan fingerprint density at radius 3 is 1.94 bits per heavy atom. The lowest BCUT2D eigenvalue weighted by Gasteiger charge is -2.26. The zero-order chi connectivity index (χ0) is 14.6. The molecule has 0 saturated carbocycles. The Kier molecular flexibility index (Phi) is 5.18. The van der Waals surface area contributed by atoms with Crippen molar-refractivity contribution in [2.45, 2.75) is 31.4 Å². The average Bonchev–Trinajstić information content (AvgIpc) is 2.22. The van der Waals surface area contributed by atoms with Gasteiger partial charge in [0, 0.05) is 0 Å². The molecule has 0 aliphatic heterocycles. The molecule has 0 aliphatic rings. The summed E-state index contributed by atoms with van der Waals surface area (Å²) in [4.78, 5) is 10.5. The van der Waals surface area contributed by atoms with Gasteiger partial charge in [0.25, 0.3) is 0 Å². The van der Waals surface area contributed by atoms with Crippen LogP contribution in [0.2, 0.25) is 0 Å². The van der Waals surface area contributed by atoms with Gasteiger partial charge in [0.2, 0.25) is 0 Å². The molecule has 0 rings (SSSR count). The monoisotopic (exact) mass is 282 g/mol. The van der Waals surface area contributed by atoms with Crippen molar-refractivity contribution >= 4 is 5.97 Å². The standard InChI is InChI=1S/C9H9F7O2/c1-2-3-4-5-18-6(17)7(10,11)8(12,13)9(14,15)16/h3-4H,2,5H2,1H3/b4-3-. The third-order valence-corrected chi connectivity index (χ3v) is 1.72. The fourth-order valence-corrected chi connectivity index (χ4v) is 0.755.